The monoisotopic (exact) mass is 391 g/mol. The third kappa shape index (κ3) is 4.86. The second-order valence-electron chi connectivity index (χ2n) is 4.85. The van der Waals surface area contributed by atoms with Gasteiger partial charge in [0.15, 0.2) is 5.96 Å². The van der Waals surface area contributed by atoms with Crippen molar-refractivity contribution in [1.82, 2.24) is 14.9 Å². The Bertz CT molecular complexity index is 460. The summed E-state index contributed by atoms with van der Waals surface area (Å²) in [5, 5.41) is 0. The van der Waals surface area contributed by atoms with E-state index >= 15 is 0 Å². The summed E-state index contributed by atoms with van der Waals surface area (Å²) < 4.78 is 5.48. The topological polar surface area (TPSA) is 76.6 Å². The lowest BCUT2D eigenvalue weighted by atomic mass is 10.3. The normalized spacial score (nSPS) is 19.6. The van der Waals surface area contributed by atoms with E-state index in [9.17, 15) is 0 Å². The molecule has 1 aromatic heterocycles. The largest absolute Gasteiger partial charge is 0.375 e. The number of hydrogen-bond acceptors (Lipinski definition) is 4. The van der Waals surface area contributed by atoms with Crippen LogP contribution >= 0.6 is 24.0 Å². The Morgan fingerprint density at radius 3 is 2.90 bits per heavy atom. The van der Waals surface area contributed by atoms with Crippen LogP contribution in [0.3, 0.4) is 0 Å². The van der Waals surface area contributed by atoms with Gasteiger partial charge in [0.1, 0.15) is 5.82 Å². The standard InChI is InChI=1S/C13H21N5O.HI/c1-9-6-12(17-11(3)16-9)7-15-13(14)18-4-5-19-10(2)8-18;/h6,10H,4-5,7-8H2,1-3H3,(H2,14,15);1H. The number of aromatic nitrogens is 2. The first-order valence-corrected chi connectivity index (χ1v) is 6.52. The van der Waals surface area contributed by atoms with Crippen LogP contribution in [-0.4, -0.2) is 46.6 Å². The molecule has 0 saturated carbocycles. The summed E-state index contributed by atoms with van der Waals surface area (Å²) in [5.74, 6) is 1.33. The van der Waals surface area contributed by atoms with Gasteiger partial charge < -0.3 is 15.4 Å². The molecule has 0 bridgehead atoms. The number of rotatable bonds is 2. The van der Waals surface area contributed by atoms with Crippen molar-refractivity contribution in [3.8, 4) is 0 Å². The minimum absolute atomic E-state index is 0. The molecule has 0 radical (unpaired) electrons. The SMILES string of the molecule is Cc1cc(CN=C(N)N2CCOC(C)C2)nc(C)n1.I. The molecule has 2 rings (SSSR count). The average molecular weight is 391 g/mol. The number of aryl methyl sites for hydroxylation is 2. The van der Waals surface area contributed by atoms with Crippen molar-refractivity contribution in [2.75, 3.05) is 19.7 Å². The first-order chi connectivity index (χ1) is 9.04. The van der Waals surface area contributed by atoms with E-state index in [2.05, 4.69) is 19.9 Å². The maximum atomic E-state index is 6.01. The van der Waals surface area contributed by atoms with Crippen LogP contribution < -0.4 is 5.73 Å². The molecule has 6 nitrogen and oxygen atoms in total. The third-order valence-electron chi connectivity index (χ3n) is 2.99. The van der Waals surface area contributed by atoms with Crippen LogP contribution in [-0.2, 0) is 11.3 Å². The summed E-state index contributed by atoms with van der Waals surface area (Å²) in [7, 11) is 0. The summed E-state index contributed by atoms with van der Waals surface area (Å²) in [5.41, 5.74) is 7.86. The summed E-state index contributed by atoms with van der Waals surface area (Å²) in [6, 6.07) is 1.94. The van der Waals surface area contributed by atoms with E-state index in [0.29, 0.717) is 19.1 Å². The van der Waals surface area contributed by atoms with Crippen molar-refractivity contribution in [2.24, 2.45) is 10.7 Å². The van der Waals surface area contributed by atoms with Crippen LogP contribution in [0.4, 0.5) is 0 Å². The van der Waals surface area contributed by atoms with E-state index in [1.54, 1.807) is 0 Å². The molecule has 1 aliphatic rings. The molecule has 7 heteroatoms. The Labute approximate surface area is 136 Å². The van der Waals surface area contributed by atoms with Crippen LogP contribution in [0.15, 0.2) is 11.1 Å². The number of hydrogen-bond donors (Lipinski definition) is 1. The van der Waals surface area contributed by atoms with Crippen molar-refractivity contribution < 1.29 is 4.74 Å². The zero-order chi connectivity index (χ0) is 13.8. The zero-order valence-corrected chi connectivity index (χ0v) is 14.5. The number of aliphatic imine (C=N–C) groups is 1. The number of ether oxygens (including phenoxy) is 1. The Hall–Kier alpha value is -0.960. The quantitative estimate of drug-likeness (QED) is 0.467. The molecule has 1 saturated heterocycles. The molecular weight excluding hydrogens is 369 g/mol. The molecule has 0 spiro atoms. The predicted octanol–water partition coefficient (Wildman–Crippen LogP) is 1.25. The highest BCUT2D eigenvalue weighted by Crippen LogP contribution is 2.05. The summed E-state index contributed by atoms with van der Waals surface area (Å²) in [4.78, 5) is 15.1. The Kier molecular flexibility index (Phi) is 6.60. The van der Waals surface area contributed by atoms with Gasteiger partial charge in [-0.3, -0.25) is 0 Å². The van der Waals surface area contributed by atoms with Crippen LogP contribution in [0, 0.1) is 13.8 Å². The van der Waals surface area contributed by atoms with Crippen molar-refractivity contribution in [1.29, 1.82) is 0 Å². The summed E-state index contributed by atoms with van der Waals surface area (Å²) in [6.07, 6.45) is 0.200. The van der Waals surface area contributed by atoms with Gasteiger partial charge in [-0.2, -0.15) is 0 Å². The predicted molar refractivity (Wildman–Crippen MR) is 89.2 cm³/mol. The molecule has 0 aliphatic carbocycles. The van der Waals surface area contributed by atoms with Gasteiger partial charge in [-0.15, -0.1) is 24.0 Å². The number of nitrogens with two attached hydrogens (primary N) is 1. The molecule has 0 amide bonds. The van der Waals surface area contributed by atoms with Gasteiger partial charge in [-0.25, -0.2) is 15.0 Å². The molecule has 20 heavy (non-hydrogen) atoms. The molecule has 2 heterocycles. The number of guanidine groups is 1. The Morgan fingerprint density at radius 1 is 1.50 bits per heavy atom. The zero-order valence-electron chi connectivity index (χ0n) is 12.2. The number of morpholine rings is 1. The van der Waals surface area contributed by atoms with Gasteiger partial charge in [0, 0.05) is 18.8 Å². The first kappa shape index (κ1) is 17.1. The van der Waals surface area contributed by atoms with E-state index in [1.807, 2.05) is 26.8 Å². The van der Waals surface area contributed by atoms with Crippen LogP contribution in [0.2, 0.25) is 0 Å². The van der Waals surface area contributed by atoms with Crippen LogP contribution in [0.25, 0.3) is 0 Å². The highest BCUT2D eigenvalue weighted by molar-refractivity contribution is 14.0. The van der Waals surface area contributed by atoms with Crippen molar-refractivity contribution in [3.63, 3.8) is 0 Å². The molecular formula is C13H22IN5O. The Balaban J connectivity index is 0.00000200. The maximum Gasteiger partial charge on any atom is 0.191 e. The Morgan fingerprint density at radius 2 is 2.25 bits per heavy atom. The molecule has 2 N–H and O–H groups in total. The van der Waals surface area contributed by atoms with E-state index in [0.717, 1.165) is 30.3 Å². The first-order valence-electron chi connectivity index (χ1n) is 6.52. The van der Waals surface area contributed by atoms with Crippen molar-refractivity contribution in [3.05, 3.63) is 23.3 Å². The van der Waals surface area contributed by atoms with Crippen LogP contribution in [0.5, 0.6) is 0 Å². The average Bonchev–Trinajstić information content (AvgIpc) is 2.35. The third-order valence-corrected chi connectivity index (χ3v) is 2.99. The van der Waals surface area contributed by atoms with Gasteiger partial charge >= 0.3 is 0 Å². The van der Waals surface area contributed by atoms with Crippen LogP contribution in [0.1, 0.15) is 24.1 Å². The fraction of sp³-hybridized carbons (Fsp3) is 0.615. The lowest BCUT2D eigenvalue weighted by molar-refractivity contribution is 0.00528. The number of nitrogens with zero attached hydrogens (tertiary/aromatic N) is 4. The lowest BCUT2D eigenvalue weighted by Crippen LogP contribution is -2.47. The molecule has 1 unspecified atom stereocenters. The van der Waals surface area contributed by atoms with E-state index in [1.165, 1.54) is 0 Å². The second-order valence-corrected chi connectivity index (χ2v) is 4.85. The lowest BCUT2D eigenvalue weighted by Gasteiger charge is -2.31. The summed E-state index contributed by atoms with van der Waals surface area (Å²) >= 11 is 0. The minimum atomic E-state index is 0. The van der Waals surface area contributed by atoms with Gasteiger partial charge in [-0.1, -0.05) is 0 Å². The smallest absolute Gasteiger partial charge is 0.191 e. The van der Waals surface area contributed by atoms with Gasteiger partial charge in [-0.05, 0) is 26.8 Å². The van der Waals surface area contributed by atoms with E-state index < -0.39 is 0 Å². The molecule has 0 aromatic carbocycles. The number of halogens is 1. The van der Waals surface area contributed by atoms with Crippen molar-refractivity contribution in [2.45, 2.75) is 33.4 Å². The molecule has 1 fully saturated rings. The van der Waals surface area contributed by atoms with E-state index in [-0.39, 0.29) is 30.1 Å². The van der Waals surface area contributed by atoms with Gasteiger partial charge in [0.05, 0.1) is 24.9 Å². The highest BCUT2D eigenvalue weighted by atomic mass is 127. The second kappa shape index (κ2) is 7.72. The van der Waals surface area contributed by atoms with Gasteiger partial charge in [0.25, 0.3) is 0 Å². The molecule has 1 aliphatic heterocycles. The molecule has 1 atom stereocenters. The summed E-state index contributed by atoms with van der Waals surface area (Å²) in [6.45, 7) is 8.64. The fourth-order valence-corrected chi connectivity index (χ4v) is 2.16. The minimum Gasteiger partial charge on any atom is -0.375 e. The van der Waals surface area contributed by atoms with E-state index in [4.69, 9.17) is 10.5 Å². The van der Waals surface area contributed by atoms with Gasteiger partial charge in [0.2, 0.25) is 0 Å². The fourth-order valence-electron chi connectivity index (χ4n) is 2.16. The van der Waals surface area contributed by atoms with Crippen molar-refractivity contribution >= 4 is 29.9 Å². The molecule has 112 valence electrons. The maximum absolute atomic E-state index is 6.01. The molecule has 1 aromatic rings. The highest BCUT2D eigenvalue weighted by Gasteiger charge is 2.17.